The summed E-state index contributed by atoms with van der Waals surface area (Å²) in [7, 11) is 0. The van der Waals surface area contributed by atoms with Crippen molar-refractivity contribution in [3.05, 3.63) is 59.7 Å². The molecule has 1 heterocycles. The zero-order valence-electron chi connectivity index (χ0n) is 14.8. The maximum absolute atomic E-state index is 11.7. The average Bonchev–Trinajstić information content (AvgIpc) is 2.61. The summed E-state index contributed by atoms with van der Waals surface area (Å²) in [4.78, 5) is 25.4. The summed E-state index contributed by atoms with van der Waals surface area (Å²) in [6.07, 6.45) is 8.81. The van der Waals surface area contributed by atoms with Gasteiger partial charge in [0.2, 0.25) is 11.8 Å². The number of carbonyl (C=O) groups excluding carboxylic acids is 2. The van der Waals surface area contributed by atoms with E-state index < -0.39 is 0 Å². The first kappa shape index (κ1) is 18.9. The lowest BCUT2D eigenvalue weighted by Crippen LogP contribution is -2.40. The van der Waals surface area contributed by atoms with Crippen molar-refractivity contribution in [1.82, 2.24) is 10.2 Å². The lowest BCUT2D eigenvalue weighted by Gasteiger charge is -2.31. The minimum atomic E-state index is -0.202. The van der Waals surface area contributed by atoms with Crippen molar-refractivity contribution in [2.75, 3.05) is 13.1 Å². The monoisotopic (exact) mass is 341 g/mol. The molecular formula is C20H27N3O2. The van der Waals surface area contributed by atoms with Crippen molar-refractivity contribution in [2.45, 2.75) is 32.9 Å². The number of allylic oxidation sites excluding steroid dienone is 3. The molecule has 5 heteroatoms. The Balaban J connectivity index is 1.88. The molecule has 0 saturated carbocycles. The highest BCUT2D eigenvalue weighted by Crippen LogP contribution is 2.18. The van der Waals surface area contributed by atoms with Gasteiger partial charge in [0.15, 0.2) is 0 Å². The van der Waals surface area contributed by atoms with E-state index in [1.165, 1.54) is 11.6 Å². The van der Waals surface area contributed by atoms with Crippen LogP contribution in [0.3, 0.4) is 0 Å². The number of rotatable bonds is 7. The van der Waals surface area contributed by atoms with Gasteiger partial charge in [-0.25, -0.2) is 0 Å². The van der Waals surface area contributed by atoms with Crippen LogP contribution in [0.1, 0.15) is 30.9 Å². The molecule has 1 fully saturated rings. The minimum Gasteiger partial charge on any atom is -0.369 e. The molecule has 1 aromatic carbocycles. The molecule has 25 heavy (non-hydrogen) atoms. The van der Waals surface area contributed by atoms with Crippen LogP contribution in [0, 0.1) is 5.92 Å². The molecule has 1 saturated heterocycles. The van der Waals surface area contributed by atoms with Gasteiger partial charge in [0.25, 0.3) is 0 Å². The first-order valence-electron chi connectivity index (χ1n) is 8.75. The summed E-state index contributed by atoms with van der Waals surface area (Å²) in [6.45, 7) is 4.91. The molecule has 5 nitrogen and oxygen atoms in total. The van der Waals surface area contributed by atoms with E-state index in [-0.39, 0.29) is 17.7 Å². The number of benzene rings is 1. The third-order valence-corrected chi connectivity index (χ3v) is 4.32. The molecule has 1 aliphatic rings. The zero-order chi connectivity index (χ0) is 18.1. The summed E-state index contributed by atoms with van der Waals surface area (Å²) in [6, 6.07) is 8.18. The molecule has 0 aliphatic carbocycles. The molecule has 0 spiro atoms. The van der Waals surface area contributed by atoms with Crippen LogP contribution in [-0.4, -0.2) is 29.8 Å². The van der Waals surface area contributed by atoms with E-state index in [2.05, 4.69) is 22.3 Å². The molecule has 1 aromatic rings. The molecule has 0 aromatic heterocycles. The number of nitrogens with one attached hydrogen (secondary N) is 1. The van der Waals surface area contributed by atoms with Gasteiger partial charge in [-0.15, -0.1) is 0 Å². The third-order valence-electron chi connectivity index (χ3n) is 4.32. The number of carbonyl (C=O) groups is 2. The fraction of sp³-hybridized carbons (Fsp3) is 0.400. The lowest BCUT2D eigenvalue weighted by atomic mass is 9.97. The number of primary amides is 1. The molecule has 2 amide bonds. The zero-order valence-corrected chi connectivity index (χ0v) is 14.8. The third kappa shape index (κ3) is 6.55. The van der Waals surface area contributed by atoms with Gasteiger partial charge in [-0.1, -0.05) is 42.5 Å². The normalized spacial score (nSPS) is 18.7. The second kappa shape index (κ2) is 9.79. The Morgan fingerprint density at radius 3 is 2.88 bits per heavy atom. The lowest BCUT2D eigenvalue weighted by molar-refractivity contribution is -0.123. The van der Waals surface area contributed by atoms with E-state index in [1.54, 1.807) is 6.08 Å². The van der Waals surface area contributed by atoms with Crippen LogP contribution in [-0.2, 0) is 22.7 Å². The SMILES string of the molecule is C/C=C/C=C/C(=O)NCc1cccc(CN2CCC[C@@H](C(N)=O)C2)c1. The Labute approximate surface area is 149 Å². The summed E-state index contributed by atoms with van der Waals surface area (Å²) in [5, 5.41) is 2.88. The molecule has 3 N–H and O–H groups in total. The topological polar surface area (TPSA) is 75.4 Å². The average molecular weight is 341 g/mol. The number of amides is 2. The Hall–Kier alpha value is -2.40. The fourth-order valence-electron chi connectivity index (χ4n) is 3.03. The van der Waals surface area contributed by atoms with Gasteiger partial charge in [0.05, 0.1) is 5.92 Å². The predicted octanol–water partition coefficient (Wildman–Crippen LogP) is 2.13. The van der Waals surface area contributed by atoms with Gasteiger partial charge in [0.1, 0.15) is 0 Å². The van der Waals surface area contributed by atoms with Crippen molar-refractivity contribution in [1.29, 1.82) is 0 Å². The quantitative estimate of drug-likeness (QED) is 0.589. The van der Waals surface area contributed by atoms with Crippen molar-refractivity contribution < 1.29 is 9.59 Å². The fourth-order valence-corrected chi connectivity index (χ4v) is 3.03. The number of nitrogens with zero attached hydrogens (tertiary/aromatic N) is 1. The second-order valence-electron chi connectivity index (χ2n) is 6.40. The van der Waals surface area contributed by atoms with Crippen LogP contribution >= 0.6 is 0 Å². The largest absolute Gasteiger partial charge is 0.369 e. The number of likely N-dealkylation sites (tertiary alicyclic amines) is 1. The number of hydrogen-bond acceptors (Lipinski definition) is 3. The second-order valence-corrected chi connectivity index (χ2v) is 6.40. The maximum Gasteiger partial charge on any atom is 0.244 e. The Morgan fingerprint density at radius 1 is 1.32 bits per heavy atom. The van der Waals surface area contributed by atoms with E-state index in [1.807, 2.05) is 31.2 Å². The first-order chi connectivity index (χ1) is 12.1. The molecule has 0 unspecified atom stereocenters. The van der Waals surface area contributed by atoms with Gasteiger partial charge in [-0.3, -0.25) is 14.5 Å². The summed E-state index contributed by atoms with van der Waals surface area (Å²) in [5.41, 5.74) is 7.69. The minimum absolute atomic E-state index is 0.0415. The maximum atomic E-state index is 11.7. The van der Waals surface area contributed by atoms with E-state index in [9.17, 15) is 9.59 Å². The molecule has 1 aliphatic heterocycles. The van der Waals surface area contributed by atoms with Crippen molar-refractivity contribution in [3.8, 4) is 0 Å². The summed E-state index contributed by atoms with van der Waals surface area (Å²) in [5.74, 6) is -0.351. The number of hydrogen-bond donors (Lipinski definition) is 2. The van der Waals surface area contributed by atoms with Gasteiger partial charge in [0, 0.05) is 25.7 Å². The number of piperidine rings is 1. The smallest absolute Gasteiger partial charge is 0.244 e. The number of nitrogens with two attached hydrogens (primary N) is 1. The molecule has 134 valence electrons. The highest BCUT2D eigenvalue weighted by Gasteiger charge is 2.23. The highest BCUT2D eigenvalue weighted by molar-refractivity contribution is 5.87. The van der Waals surface area contributed by atoms with Gasteiger partial charge < -0.3 is 11.1 Å². The van der Waals surface area contributed by atoms with Crippen molar-refractivity contribution in [3.63, 3.8) is 0 Å². The van der Waals surface area contributed by atoms with Crippen molar-refractivity contribution in [2.24, 2.45) is 11.7 Å². The van der Waals surface area contributed by atoms with Crippen LogP contribution in [0.15, 0.2) is 48.6 Å². The Morgan fingerprint density at radius 2 is 2.12 bits per heavy atom. The van der Waals surface area contributed by atoms with Crippen LogP contribution in [0.4, 0.5) is 0 Å². The molecular weight excluding hydrogens is 314 g/mol. The van der Waals surface area contributed by atoms with Gasteiger partial charge in [-0.05, 0) is 37.4 Å². The van der Waals surface area contributed by atoms with Crippen LogP contribution in [0.5, 0.6) is 0 Å². The van der Waals surface area contributed by atoms with E-state index in [4.69, 9.17) is 5.73 Å². The Bertz CT molecular complexity index is 652. The Kier molecular flexibility index (Phi) is 7.41. The van der Waals surface area contributed by atoms with E-state index >= 15 is 0 Å². The van der Waals surface area contributed by atoms with Crippen LogP contribution < -0.4 is 11.1 Å². The molecule has 0 radical (unpaired) electrons. The van der Waals surface area contributed by atoms with Crippen LogP contribution in [0.25, 0.3) is 0 Å². The summed E-state index contributed by atoms with van der Waals surface area (Å²) >= 11 is 0. The molecule has 1 atom stereocenters. The van der Waals surface area contributed by atoms with Gasteiger partial charge >= 0.3 is 0 Å². The first-order valence-corrected chi connectivity index (χ1v) is 8.75. The van der Waals surface area contributed by atoms with Crippen molar-refractivity contribution >= 4 is 11.8 Å². The molecule has 2 rings (SSSR count). The standard InChI is InChI=1S/C20H27N3O2/c1-2-3-4-10-19(24)22-13-16-7-5-8-17(12-16)14-23-11-6-9-18(15-23)20(21)25/h2-5,7-8,10,12,18H,6,9,11,13-15H2,1H3,(H2,21,25)(H,22,24)/b3-2+,10-4+/t18-/m1/s1. The van der Waals surface area contributed by atoms with E-state index in [0.29, 0.717) is 6.54 Å². The highest BCUT2D eigenvalue weighted by atomic mass is 16.1. The van der Waals surface area contributed by atoms with Crippen LogP contribution in [0.2, 0.25) is 0 Å². The predicted molar refractivity (Wildman–Crippen MR) is 99.4 cm³/mol. The molecule has 0 bridgehead atoms. The van der Waals surface area contributed by atoms with Gasteiger partial charge in [-0.2, -0.15) is 0 Å². The van der Waals surface area contributed by atoms with E-state index in [0.717, 1.165) is 38.0 Å². The summed E-state index contributed by atoms with van der Waals surface area (Å²) < 4.78 is 0.